The molecule has 2 aromatic rings. The molecule has 0 heterocycles. The highest BCUT2D eigenvalue weighted by Gasteiger charge is 2.13. The van der Waals surface area contributed by atoms with Gasteiger partial charge in [-0.2, -0.15) is 0 Å². The van der Waals surface area contributed by atoms with Crippen LogP contribution in [0, 0.1) is 13.8 Å². The molecule has 0 radical (unpaired) electrons. The molecule has 4 heteroatoms. The Bertz CT molecular complexity index is 725. The van der Waals surface area contributed by atoms with Gasteiger partial charge in [-0.1, -0.05) is 29.8 Å². The Morgan fingerprint density at radius 3 is 2.38 bits per heavy atom. The number of methoxy groups -OCH3 is 2. The molecule has 0 fully saturated rings. The Morgan fingerprint density at radius 1 is 1.04 bits per heavy atom. The minimum atomic E-state index is -0.0294. The van der Waals surface area contributed by atoms with Gasteiger partial charge in [-0.15, -0.1) is 0 Å². The molecule has 1 unspecified atom stereocenters. The molecule has 0 bridgehead atoms. The summed E-state index contributed by atoms with van der Waals surface area (Å²) < 4.78 is 10.5. The number of amides is 1. The minimum Gasteiger partial charge on any atom is -0.493 e. The molecule has 0 aromatic heterocycles. The maximum absolute atomic E-state index is 12.3. The van der Waals surface area contributed by atoms with Crippen LogP contribution >= 0.6 is 0 Å². The van der Waals surface area contributed by atoms with E-state index >= 15 is 0 Å². The Labute approximate surface area is 143 Å². The van der Waals surface area contributed by atoms with Gasteiger partial charge in [0, 0.05) is 0 Å². The van der Waals surface area contributed by atoms with Gasteiger partial charge < -0.3 is 14.8 Å². The van der Waals surface area contributed by atoms with Crippen molar-refractivity contribution >= 4 is 5.91 Å². The average Bonchev–Trinajstić information content (AvgIpc) is 2.54. The number of carbonyl (C=O) groups is 1. The third kappa shape index (κ3) is 4.28. The fourth-order valence-electron chi connectivity index (χ4n) is 2.86. The first kappa shape index (κ1) is 17.9. The summed E-state index contributed by atoms with van der Waals surface area (Å²) in [6, 6.07) is 11.8. The first-order valence-electron chi connectivity index (χ1n) is 8.02. The molecular formula is C20H25NO3. The van der Waals surface area contributed by atoms with Gasteiger partial charge in [0.05, 0.1) is 26.7 Å². The molecule has 24 heavy (non-hydrogen) atoms. The Balaban J connectivity index is 2.05. The lowest BCUT2D eigenvalue weighted by Crippen LogP contribution is -2.28. The molecule has 1 amide bonds. The van der Waals surface area contributed by atoms with E-state index in [1.54, 1.807) is 14.2 Å². The van der Waals surface area contributed by atoms with Gasteiger partial charge in [-0.3, -0.25) is 4.79 Å². The van der Waals surface area contributed by atoms with Crippen LogP contribution in [-0.4, -0.2) is 20.1 Å². The topological polar surface area (TPSA) is 47.6 Å². The molecule has 0 aliphatic heterocycles. The van der Waals surface area contributed by atoms with Crippen LogP contribution in [-0.2, 0) is 11.2 Å². The van der Waals surface area contributed by atoms with Crippen LogP contribution in [0.3, 0.4) is 0 Å². The molecule has 1 N–H and O–H groups in total. The first-order chi connectivity index (χ1) is 11.4. The summed E-state index contributed by atoms with van der Waals surface area (Å²) in [5.41, 5.74) is 4.44. The Morgan fingerprint density at radius 2 is 1.75 bits per heavy atom. The molecule has 2 aromatic carbocycles. The summed E-state index contributed by atoms with van der Waals surface area (Å²) in [5, 5.41) is 3.06. The van der Waals surface area contributed by atoms with Crippen LogP contribution in [0.2, 0.25) is 0 Å². The van der Waals surface area contributed by atoms with Crippen LogP contribution in [0.1, 0.15) is 35.2 Å². The van der Waals surface area contributed by atoms with Crippen molar-refractivity contribution in [3.63, 3.8) is 0 Å². The van der Waals surface area contributed by atoms with Crippen LogP contribution in [0.15, 0.2) is 36.4 Å². The molecule has 0 saturated carbocycles. The van der Waals surface area contributed by atoms with Crippen LogP contribution in [0.4, 0.5) is 0 Å². The predicted octanol–water partition coefficient (Wildman–Crippen LogP) is 3.74. The maximum Gasteiger partial charge on any atom is 0.224 e. The summed E-state index contributed by atoms with van der Waals surface area (Å²) in [6.45, 7) is 6.14. The summed E-state index contributed by atoms with van der Waals surface area (Å²) in [4.78, 5) is 12.3. The monoisotopic (exact) mass is 327 g/mol. The quantitative estimate of drug-likeness (QED) is 0.879. The van der Waals surface area contributed by atoms with E-state index in [-0.39, 0.29) is 11.9 Å². The van der Waals surface area contributed by atoms with E-state index in [1.807, 2.05) is 25.1 Å². The van der Waals surface area contributed by atoms with Gasteiger partial charge >= 0.3 is 0 Å². The number of hydrogen-bond acceptors (Lipinski definition) is 3. The lowest BCUT2D eigenvalue weighted by atomic mass is 10.00. The van der Waals surface area contributed by atoms with E-state index < -0.39 is 0 Å². The summed E-state index contributed by atoms with van der Waals surface area (Å²) in [6.07, 6.45) is 0.301. The summed E-state index contributed by atoms with van der Waals surface area (Å²) >= 11 is 0. The predicted molar refractivity (Wildman–Crippen MR) is 95.7 cm³/mol. The largest absolute Gasteiger partial charge is 0.493 e. The number of carbonyl (C=O) groups excluding carboxylic acids is 1. The third-order valence-corrected chi connectivity index (χ3v) is 4.08. The summed E-state index contributed by atoms with van der Waals surface area (Å²) in [5.74, 6) is 1.27. The highest BCUT2D eigenvalue weighted by Crippen LogP contribution is 2.27. The third-order valence-electron chi connectivity index (χ3n) is 4.08. The van der Waals surface area contributed by atoms with Gasteiger partial charge in [0.1, 0.15) is 0 Å². The number of hydrogen-bond donors (Lipinski definition) is 1. The van der Waals surface area contributed by atoms with E-state index in [0.717, 1.165) is 11.1 Å². The molecule has 0 aliphatic carbocycles. The zero-order chi connectivity index (χ0) is 17.7. The SMILES string of the molecule is COc1ccc(CC(=O)NC(C)c2ccc(C)cc2C)cc1OC. The van der Waals surface area contributed by atoms with Crippen molar-refractivity contribution in [3.8, 4) is 11.5 Å². The molecule has 128 valence electrons. The average molecular weight is 327 g/mol. The van der Waals surface area contributed by atoms with Crippen molar-refractivity contribution in [3.05, 3.63) is 58.7 Å². The lowest BCUT2D eigenvalue weighted by Gasteiger charge is -2.17. The van der Waals surface area contributed by atoms with Crippen molar-refractivity contribution in [2.45, 2.75) is 33.2 Å². The fourth-order valence-corrected chi connectivity index (χ4v) is 2.86. The van der Waals surface area contributed by atoms with E-state index in [2.05, 4.69) is 37.4 Å². The molecule has 1 atom stereocenters. The van der Waals surface area contributed by atoms with Gasteiger partial charge in [0.15, 0.2) is 11.5 Å². The van der Waals surface area contributed by atoms with Crippen molar-refractivity contribution in [2.75, 3.05) is 14.2 Å². The second-order valence-electron chi connectivity index (χ2n) is 6.02. The van der Waals surface area contributed by atoms with E-state index in [0.29, 0.717) is 17.9 Å². The molecule has 0 aliphatic rings. The van der Waals surface area contributed by atoms with Crippen molar-refractivity contribution in [1.82, 2.24) is 5.32 Å². The first-order valence-corrected chi connectivity index (χ1v) is 8.02. The zero-order valence-corrected chi connectivity index (χ0v) is 15.0. The van der Waals surface area contributed by atoms with E-state index in [4.69, 9.17) is 9.47 Å². The molecular weight excluding hydrogens is 302 g/mol. The second kappa shape index (κ2) is 7.86. The lowest BCUT2D eigenvalue weighted by molar-refractivity contribution is -0.121. The minimum absolute atomic E-state index is 0.0188. The number of ether oxygens (including phenoxy) is 2. The fraction of sp³-hybridized carbons (Fsp3) is 0.350. The molecule has 0 saturated heterocycles. The smallest absolute Gasteiger partial charge is 0.224 e. The Kier molecular flexibility index (Phi) is 5.85. The van der Waals surface area contributed by atoms with E-state index in [1.165, 1.54) is 11.1 Å². The zero-order valence-electron chi connectivity index (χ0n) is 15.0. The molecule has 0 spiro atoms. The summed E-state index contributed by atoms with van der Waals surface area (Å²) in [7, 11) is 3.18. The molecule has 2 rings (SSSR count). The van der Waals surface area contributed by atoms with Gasteiger partial charge in [-0.05, 0) is 49.6 Å². The van der Waals surface area contributed by atoms with Crippen molar-refractivity contribution in [2.24, 2.45) is 0 Å². The number of nitrogens with one attached hydrogen (secondary N) is 1. The van der Waals surface area contributed by atoms with Gasteiger partial charge in [0.25, 0.3) is 0 Å². The number of rotatable bonds is 6. The number of aryl methyl sites for hydroxylation is 2. The van der Waals surface area contributed by atoms with Crippen LogP contribution in [0.5, 0.6) is 11.5 Å². The van der Waals surface area contributed by atoms with Crippen LogP contribution < -0.4 is 14.8 Å². The highest BCUT2D eigenvalue weighted by atomic mass is 16.5. The second-order valence-corrected chi connectivity index (χ2v) is 6.02. The van der Waals surface area contributed by atoms with Gasteiger partial charge in [0.2, 0.25) is 5.91 Å². The van der Waals surface area contributed by atoms with Crippen molar-refractivity contribution < 1.29 is 14.3 Å². The maximum atomic E-state index is 12.3. The Hall–Kier alpha value is -2.49. The molecule has 4 nitrogen and oxygen atoms in total. The standard InChI is InChI=1S/C20H25NO3/c1-13-6-8-17(14(2)10-13)15(3)21-20(22)12-16-7-9-18(23-4)19(11-16)24-5/h6-11,15H,12H2,1-5H3,(H,21,22). The highest BCUT2D eigenvalue weighted by molar-refractivity contribution is 5.79. The van der Waals surface area contributed by atoms with E-state index in [9.17, 15) is 4.79 Å². The van der Waals surface area contributed by atoms with Crippen molar-refractivity contribution in [1.29, 1.82) is 0 Å². The van der Waals surface area contributed by atoms with Crippen LogP contribution in [0.25, 0.3) is 0 Å². The van der Waals surface area contributed by atoms with Gasteiger partial charge in [-0.25, -0.2) is 0 Å². The normalized spacial score (nSPS) is 11.7. The number of benzene rings is 2.